The number of benzene rings is 2. The van der Waals surface area contributed by atoms with E-state index in [4.69, 9.17) is 4.42 Å². The van der Waals surface area contributed by atoms with Crippen LogP contribution in [0.15, 0.2) is 52.9 Å². The Balaban J connectivity index is 1.94. The fourth-order valence-corrected chi connectivity index (χ4v) is 3.22. The van der Waals surface area contributed by atoms with Gasteiger partial charge in [0, 0.05) is 11.8 Å². The molecule has 0 aliphatic heterocycles. The van der Waals surface area contributed by atoms with Crippen molar-refractivity contribution in [1.82, 2.24) is 0 Å². The zero-order chi connectivity index (χ0) is 16.2. The van der Waals surface area contributed by atoms with E-state index < -0.39 is 11.7 Å². The first kappa shape index (κ1) is 14.0. The van der Waals surface area contributed by atoms with Gasteiger partial charge in [0.05, 0.1) is 5.56 Å². The predicted molar refractivity (Wildman–Crippen MR) is 82.1 cm³/mol. The molecule has 1 aliphatic rings. The Labute approximate surface area is 131 Å². The quantitative estimate of drug-likeness (QED) is 0.643. The van der Waals surface area contributed by atoms with E-state index in [1.165, 1.54) is 18.2 Å². The van der Waals surface area contributed by atoms with Crippen LogP contribution in [0.3, 0.4) is 0 Å². The molecule has 0 saturated heterocycles. The van der Waals surface area contributed by atoms with Crippen molar-refractivity contribution < 1.29 is 24.5 Å². The van der Waals surface area contributed by atoms with Crippen molar-refractivity contribution in [2.24, 2.45) is 0 Å². The van der Waals surface area contributed by atoms with Gasteiger partial charge in [0.25, 0.3) is 0 Å². The highest BCUT2D eigenvalue weighted by molar-refractivity contribution is 6.10. The van der Waals surface area contributed by atoms with E-state index in [2.05, 4.69) is 0 Å². The molecule has 5 heteroatoms. The summed E-state index contributed by atoms with van der Waals surface area (Å²) in [5.74, 6) is -0.290. The first-order valence-corrected chi connectivity index (χ1v) is 7.25. The zero-order valence-electron chi connectivity index (χ0n) is 12.1. The molecule has 116 valence electrons. The van der Waals surface area contributed by atoms with Crippen molar-refractivity contribution in [3.8, 4) is 5.75 Å². The molecule has 1 heterocycles. The van der Waals surface area contributed by atoms with E-state index >= 15 is 0 Å². The summed E-state index contributed by atoms with van der Waals surface area (Å²) in [5, 5.41) is 31.7. The van der Waals surface area contributed by atoms with Crippen LogP contribution in [-0.4, -0.2) is 21.1 Å². The number of phenols is 1. The van der Waals surface area contributed by atoms with Gasteiger partial charge >= 0.3 is 0 Å². The summed E-state index contributed by atoms with van der Waals surface area (Å²) in [5.41, 5.74) is -0.669. The van der Waals surface area contributed by atoms with E-state index in [1.54, 1.807) is 30.3 Å². The first-order valence-electron chi connectivity index (χ1n) is 7.25. The maximum absolute atomic E-state index is 12.6. The molecule has 2 unspecified atom stereocenters. The number of furan rings is 1. The fraction of sp³-hybridized carbons (Fsp3) is 0.167. The first-order chi connectivity index (χ1) is 11.0. The standard InChI is InChI=1S/C18H14O5/c19-11-6-7-14-12(8-11)15-13(20)9-18(22,17(21)16(15)23-14)10-4-2-1-3-5-10/h1-8,17,19,21-22H,9H2. The van der Waals surface area contributed by atoms with Gasteiger partial charge < -0.3 is 19.7 Å². The molecule has 1 aliphatic carbocycles. The minimum absolute atomic E-state index is 0.00674. The molecule has 23 heavy (non-hydrogen) atoms. The molecule has 0 amide bonds. The summed E-state index contributed by atoms with van der Waals surface area (Å²) in [6.45, 7) is 0. The van der Waals surface area contributed by atoms with Crippen molar-refractivity contribution in [1.29, 1.82) is 0 Å². The minimum atomic E-state index is -1.73. The van der Waals surface area contributed by atoms with Crippen LogP contribution in [0.5, 0.6) is 5.75 Å². The molecule has 2 aromatic carbocycles. The zero-order valence-corrected chi connectivity index (χ0v) is 12.1. The van der Waals surface area contributed by atoms with Gasteiger partial charge in [-0.1, -0.05) is 30.3 Å². The molecule has 3 aromatic rings. The second-order valence-corrected chi connectivity index (χ2v) is 5.81. The average molecular weight is 310 g/mol. The smallest absolute Gasteiger partial charge is 0.170 e. The average Bonchev–Trinajstić information content (AvgIpc) is 2.92. The molecule has 2 atom stereocenters. The summed E-state index contributed by atoms with van der Waals surface area (Å²) in [6.07, 6.45) is -1.62. The van der Waals surface area contributed by atoms with Gasteiger partial charge in [-0.25, -0.2) is 0 Å². The van der Waals surface area contributed by atoms with Crippen LogP contribution in [0.25, 0.3) is 11.0 Å². The Morgan fingerprint density at radius 1 is 1.13 bits per heavy atom. The maximum Gasteiger partial charge on any atom is 0.170 e. The Hall–Kier alpha value is -2.63. The number of hydrogen-bond acceptors (Lipinski definition) is 5. The number of fused-ring (bicyclic) bond motifs is 3. The number of carbonyl (C=O) groups is 1. The van der Waals surface area contributed by atoms with Crippen molar-refractivity contribution in [2.75, 3.05) is 0 Å². The van der Waals surface area contributed by atoms with Crippen LogP contribution in [0, 0.1) is 0 Å². The van der Waals surface area contributed by atoms with Gasteiger partial charge in [0.2, 0.25) is 0 Å². The van der Waals surface area contributed by atoms with Crippen LogP contribution in [-0.2, 0) is 5.60 Å². The summed E-state index contributed by atoms with van der Waals surface area (Å²) >= 11 is 0. The number of hydrogen-bond donors (Lipinski definition) is 3. The molecule has 3 N–H and O–H groups in total. The lowest BCUT2D eigenvalue weighted by Gasteiger charge is -2.35. The molecule has 0 fully saturated rings. The SMILES string of the molecule is O=C1CC(O)(c2ccccc2)C(O)c2oc3ccc(O)cc3c21. The largest absolute Gasteiger partial charge is 0.508 e. The number of carbonyl (C=O) groups excluding carboxylic acids is 1. The lowest BCUT2D eigenvalue weighted by molar-refractivity contribution is -0.0948. The normalized spacial score (nSPS) is 23.9. The van der Waals surface area contributed by atoms with Crippen molar-refractivity contribution in [3.63, 3.8) is 0 Å². The number of rotatable bonds is 1. The minimum Gasteiger partial charge on any atom is -0.508 e. The van der Waals surface area contributed by atoms with Gasteiger partial charge in [-0.3, -0.25) is 4.79 Å². The van der Waals surface area contributed by atoms with E-state index in [0.717, 1.165) is 0 Å². The monoisotopic (exact) mass is 310 g/mol. The van der Waals surface area contributed by atoms with Crippen LogP contribution < -0.4 is 0 Å². The van der Waals surface area contributed by atoms with Crippen LogP contribution in [0.2, 0.25) is 0 Å². The van der Waals surface area contributed by atoms with E-state index in [-0.39, 0.29) is 29.3 Å². The summed E-state index contributed by atoms with van der Waals surface area (Å²) in [7, 11) is 0. The molecule has 0 spiro atoms. The Bertz CT molecular complexity index is 912. The molecule has 0 radical (unpaired) electrons. The van der Waals surface area contributed by atoms with Crippen LogP contribution in [0.1, 0.15) is 34.2 Å². The lowest BCUT2D eigenvalue weighted by atomic mass is 9.76. The van der Waals surface area contributed by atoms with Gasteiger partial charge in [-0.15, -0.1) is 0 Å². The molecule has 4 rings (SSSR count). The molecule has 5 nitrogen and oxygen atoms in total. The Kier molecular flexibility index (Phi) is 2.85. The Morgan fingerprint density at radius 2 is 1.87 bits per heavy atom. The highest BCUT2D eigenvalue weighted by Crippen LogP contribution is 2.47. The predicted octanol–water partition coefficient (Wildman–Crippen LogP) is 2.65. The van der Waals surface area contributed by atoms with Gasteiger partial charge in [0.1, 0.15) is 28.8 Å². The number of Topliss-reactive ketones (excluding diaryl/α,β-unsaturated/α-hetero) is 1. The topological polar surface area (TPSA) is 90.9 Å². The van der Waals surface area contributed by atoms with Gasteiger partial charge in [-0.05, 0) is 23.8 Å². The molecule has 1 aromatic heterocycles. The van der Waals surface area contributed by atoms with E-state index in [9.17, 15) is 20.1 Å². The molecule has 0 saturated carbocycles. The lowest BCUT2D eigenvalue weighted by Crippen LogP contribution is -2.40. The number of aliphatic hydroxyl groups excluding tert-OH is 1. The fourth-order valence-electron chi connectivity index (χ4n) is 3.22. The van der Waals surface area contributed by atoms with Gasteiger partial charge in [-0.2, -0.15) is 0 Å². The number of ketones is 1. The second-order valence-electron chi connectivity index (χ2n) is 5.81. The van der Waals surface area contributed by atoms with Crippen LogP contribution in [0.4, 0.5) is 0 Å². The number of aliphatic hydroxyl groups is 2. The summed E-state index contributed by atoms with van der Waals surface area (Å²) in [6, 6.07) is 13.0. The Morgan fingerprint density at radius 3 is 2.61 bits per heavy atom. The number of aromatic hydroxyl groups is 1. The van der Waals surface area contributed by atoms with Crippen molar-refractivity contribution in [2.45, 2.75) is 18.1 Å². The number of phenolic OH excluding ortho intramolecular Hbond substituents is 1. The summed E-state index contributed by atoms with van der Waals surface area (Å²) < 4.78 is 5.60. The summed E-state index contributed by atoms with van der Waals surface area (Å²) in [4.78, 5) is 12.6. The van der Waals surface area contributed by atoms with Crippen molar-refractivity contribution in [3.05, 3.63) is 65.4 Å². The third-order valence-corrected chi connectivity index (χ3v) is 4.38. The second kappa shape index (κ2) is 4.68. The van der Waals surface area contributed by atoms with Crippen molar-refractivity contribution >= 4 is 16.8 Å². The molecular formula is C18H14O5. The van der Waals surface area contributed by atoms with E-state index in [1.807, 2.05) is 0 Å². The highest BCUT2D eigenvalue weighted by Gasteiger charge is 2.48. The van der Waals surface area contributed by atoms with E-state index in [0.29, 0.717) is 16.5 Å². The highest BCUT2D eigenvalue weighted by atomic mass is 16.4. The third kappa shape index (κ3) is 1.91. The third-order valence-electron chi connectivity index (χ3n) is 4.38. The maximum atomic E-state index is 12.6. The van der Waals surface area contributed by atoms with Gasteiger partial charge in [0.15, 0.2) is 5.78 Å². The molecular weight excluding hydrogens is 296 g/mol. The van der Waals surface area contributed by atoms with Crippen LogP contribution >= 0.6 is 0 Å². The molecule has 0 bridgehead atoms.